The first-order valence-corrected chi connectivity index (χ1v) is 10.5. The molecule has 1 saturated heterocycles. The maximum Gasteiger partial charge on any atom is 0.335 e. The predicted octanol–water partition coefficient (Wildman–Crippen LogP) is 4.42. The summed E-state index contributed by atoms with van der Waals surface area (Å²) in [5, 5.41) is 11.4. The van der Waals surface area contributed by atoms with Gasteiger partial charge in [0.2, 0.25) is 0 Å². The highest BCUT2D eigenvalue weighted by molar-refractivity contribution is 6.39. The van der Waals surface area contributed by atoms with Crippen LogP contribution in [0, 0.1) is 5.82 Å². The number of benzene rings is 3. The van der Waals surface area contributed by atoms with Crippen LogP contribution in [0.5, 0.6) is 5.75 Å². The Balaban J connectivity index is 1.67. The first-order valence-electron chi connectivity index (χ1n) is 10.1. The van der Waals surface area contributed by atoms with Crippen LogP contribution in [0.2, 0.25) is 5.02 Å². The third kappa shape index (κ3) is 5.04. The fraction of sp³-hybridized carbons (Fsp3) is 0.0400. The Labute approximate surface area is 203 Å². The van der Waals surface area contributed by atoms with Crippen molar-refractivity contribution in [3.05, 3.63) is 99.8 Å². The van der Waals surface area contributed by atoms with Gasteiger partial charge in [-0.3, -0.25) is 14.9 Å². The number of amides is 4. The number of rotatable bonds is 6. The van der Waals surface area contributed by atoms with Gasteiger partial charge in [0.25, 0.3) is 11.8 Å². The molecule has 0 unspecified atom stereocenters. The third-order valence-corrected chi connectivity index (χ3v) is 5.32. The van der Waals surface area contributed by atoms with Gasteiger partial charge in [-0.15, -0.1) is 0 Å². The van der Waals surface area contributed by atoms with Crippen LogP contribution in [0.3, 0.4) is 0 Å². The molecule has 176 valence electrons. The summed E-state index contributed by atoms with van der Waals surface area (Å²) in [7, 11) is 0. The molecule has 0 bridgehead atoms. The SMILES string of the molecule is O=C1NC(=O)N(c2ccc(C(=O)O)cc2)C(=O)/C1=C/c1cc(Cl)ccc1OCc1ccccc1F. The monoisotopic (exact) mass is 494 g/mol. The highest BCUT2D eigenvalue weighted by Gasteiger charge is 2.37. The van der Waals surface area contributed by atoms with Crippen molar-refractivity contribution in [2.75, 3.05) is 4.90 Å². The summed E-state index contributed by atoms with van der Waals surface area (Å²) >= 11 is 6.09. The van der Waals surface area contributed by atoms with Gasteiger partial charge in [-0.2, -0.15) is 0 Å². The Hall–Kier alpha value is -4.50. The van der Waals surface area contributed by atoms with Gasteiger partial charge < -0.3 is 9.84 Å². The number of hydrogen-bond donors (Lipinski definition) is 2. The fourth-order valence-corrected chi connectivity index (χ4v) is 3.52. The lowest BCUT2D eigenvalue weighted by atomic mass is 10.1. The lowest BCUT2D eigenvalue weighted by molar-refractivity contribution is -0.122. The van der Waals surface area contributed by atoms with Crippen molar-refractivity contribution in [3.8, 4) is 5.75 Å². The zero-order valence-electron chi connectivity index (χ0n) is 17.8. The Morgan fingerprint density at radius 3 is 2.46 bits per heavy atom. The van der Waals surface area contributed by atoms with E-state index in [0.29, 0.717) is 10.5 Å². The van der Waals surface area contributed by atoms with E-state index < -0.39 is 29.6 Å². The van der Waals surface area contributed by atoms with E-state index in [0.717, 1.165) is 0 Å². The zero-order chi connectivity index (χ0) is 25.1. The third-order valence-electron chi connectivity index (χ3n) is 5.09. The molecule has 3 aromatic carbocycles. The number of nitrogens with one attached hydrogen (secondary N) is 1. The quantitative estimate of drug-likeness (QED) is 0.387. The van der Waals surface area contributed by atoms with E-state index in [1.807, 2.05) is 0 Å². The van der Waals surface area contributed by atoms with Crippen LogP contribution in [0.4, 0.5) is 14.9 Å². The molecule has 35 heavy (non-hydrogen) atoms. The second-order valence-electron chi connectivity index (χ2n) is 7.37. The first-order chi connectivity index (χ1) is 16.7. The molecule has 8 nitrogen and oxygen atoms in total. The Morgan fingerprint density at radius 2 is 1.77 bits per heavy atom. The number of nitrogens with zero attached hydrogens (tertiary/aromatic N) is 1. The second-order valence-corrected chi connectivity index (χ2v) is 7.81. The van der Waals surface area contributed by atoms with Crippen LogP contribution in [-0.4, -0.2) is 28.9 Å². The van der Waals surface area contributed by atoms with E-state index in [1.165, 1.54) is 54.6 Å². The summed E-state index contributed by atoms with van der Waals surface area (Å²) in [4.78, 5) is 49.8. The topological polar surface area (TPSA) is 113 Å². The van der Waals surface area contributed by atoms with E-state index >= 15 is 0 Å². The van der Waals surface area contributed by atoms with E-state index in [1.54, 1.807) is 18.2 Å². The number of imide groups is 2. The number of halogens is 2. The van der Waals surface area contributed by atoms with Gasteiger partial charge in [-0.25, -0.2) is 18.9 Å². The molecule has 0 radical (unpaired) electrons. The minimum atomic E-state index is -1.18. The van der Waals surface area contributed by atoms with Gasteiger partial charge in [0.05, 0.1) is 11.3 Å². The number of carboxylic acids is 1. The van der Waals surface area contributed by atoms with Crippen LogP contribution in [0.25, 0.3) is 6.08 Å². The van der Waals surface area contributed by atoms with Crippen molar-refractivity contribution in [2.24, 2.45) is 0 Å². The molecule has 0 aliphatic carbocycles. The number of carbonyl (C=O) groups excluding carboxylic acids is 3. The van der Waals surface area contributed by atoms with Crippen LogP contribution in [0.1, 0.15) is 21.5 Å². The normalized spacial score (nSPS) is 14.7. The summed E-state index contributed by atoms with van der Waals surface area (Å²) in [6.45, 7) is -0.120. The Bertz CT molecular complexity index is 1390. The zero-order valence-corrected chi connectivity index (χ0v) is 18.6. The minimum absolute atomic E-state index is 0.0407. The Morgan fingerprint density at radius 1 is 1.06 bits per heavy atom. The number of aromatic carboxylic acids is 1. The fourth-order valence-electron chi connectivity index (χ4n) is 3.34. The number of anilines is 1. The highest BCUT2D eigenvalue weighted by Crippen LogP contribution is 2.29. The Kier molecular flexibility index (Phi) is 6.61. The van der Waals surface area contributed by atoms with Gasteiger partial charge in [0.15, 0.2) is 0 Å². The molecule has 4 rings (SSSR count). The lowest BCUT2D eigenvalue weighted by Gasteiger charge is -2.26. The van der Waals surface area contributed by atoms with Crippen molar-refractivity contribution in [2.45, 2.75) is 6.61 Å². The lowest BCUT2D eigenvalue weighted by Crippen LogP contribution is -2.54. The second kappa shape index (κ2) is 9.78. The molecule has 10 heteroatoms. The van der Waals surface area contributed by atoms with Gasteiger partial charge in [-0.1, -0.05) is 29.8 Å². The largest absolute Gasteiger partial charge is 0.488 e. The van der Waals surface area contributed by atoms with E-state index in [2.05, 4.69) is 5.32 Å². The molecule has 4 amide bonds. The smallest absolute Gasteiger partial charge is 0.335 e. The molecule has 1 aliphatic rings. The average Bonchev–Trinajstić information content (AvgIpc) is 2.82. The summed E-state index contributed by atoms with van der Waals surface area (Å²) in [6.07, 6.45) is 1.21. The molecule has 1 fully saturated rings. The van der Waals surface area contributed by atoms with Crippen LogP contribution in [-0.2, 0) is 16.2 Å². The predicted molar refractivity (Wildman–Crippen MR) is 125 cm³/mol. The van der Waals surface area contributed by atoms with Crippen molar-refractivity contribution in [1.82, 2.24) is 5.32 Å². The molecule has 2 N–H and O–H groups in total. The van der Waals surface area contributed by atoms with Crippen molar-refractivity contribution in [1.29, 1.82) is 0 Å². The van der Waals surface area contributed by atoms with Gasteiger partial charge >= 0.3 is 12.0 Å². The maximum atomic E-state index is 14.0. The van der Waals surface area contributed by atoms with Crippen LogP contribution in [0.15, 0.2) is 72.3 Å². The molecule has 0 aromatic heterocycles. The van der Waals surface area contributed by atoms with Crippen molar-refractivity contribution < 1.29 is 33.4 Å². The van der Waals surface area contributed by atoms with Gasteiger partial charge in [-0.05, 0) is 54.6 Å². The molecule has 3 aromatic rings. The molecule has 0 atom stereocenters. The summed E-state index contributed by atoms with van der Waals surface area (Å²) in [6, 6.07) is 14.6. The summed E-state index contributed by atoms with van der Waals surface area (Å²) in [5.74, 6) is -3.27. The summed E-state index contributed by atoms with van der Waals surface area (Å²) in [5.41, 5.74) is 0.195. The van der Waals surface area contributed by atoms with E-state index in [-0.39, 0.29) is 39.8 Å². The number of carbonyl (C=O) groups is 4. The van der Waals surface area contributed by atoms with E-state index in [4.69, 9.17) is 21.4 Å². The number of barbiturate groups is 1. The summed E-state index contributed by atoms with van der Waals surface area (Å²) < 4.78 is 19.7. The first kappa shape index (κ1) is 23.7. The number of hydrogen-bond acceptors (Lipinski definition) is 5. The van der Waals surface area contributed by atoms with Crippen molar-refractivity contribution >= 4 is 47.2 Å². The minimum Gasteiger partial charge on any atom is -0.488 e. The number of carboxylic acid groups (broad SMARTS) is 1. The molecule has 1 aliphatic heterocycles. The van der Waals surface area contributed by atoms with Gasteiger partial charge in [0.1, 0.15) is 23.7 Å². The number of ether oxygens (including phenoxy) is 1. The van der Waals surface area contributed by atoms with Crippen LogP contribution < -0.4 is 15.0 Å². The highest BCUT2D eigenvalue weighted by atomic mass is 35.5. The van der Waals surface area contributed by atoms with Crippen molar-refractivity contribution in [3.63, 3.8) is 0 Å². The standard InChI is InChI=1S/C25H16ClFN2O6/c26-17-7-10-21(35-13-15-3-1-2-4-20(15)27)16(11-17)12-19-22(30)28-25(34)29(23(19)31)18-8-5-14(6-9-18)24(32)33/h1-12H,13H2,(H,32,33)(H,28,30,34)/b19-12+. The average molecular weight is 495 g/mol. The van der Waals surface area contributed by atoms with E-state index in [9.17, 15) is 23.6 Å². The molecule has 0 spiro atoms. The maximum absolute atomic E-state index is 14.0. The molecule has 1 heterocycles. The number of urea groups is 1. The van der Waals surface area contributed by atoms with Crippen LogP contribution >= 0.6 is 11.6 Å². The molecular weight excluding hydrogens is 479 g/mol. The molecular formula is C25H16ClFN2O6. The van der Waals surface area contributed by atoms with Gasteiger partial charge in [0, 0.05) is 16.1 Å². The molecule has 0 saturated carbocycles.